The third-order valence-electron chi connectivity index (χ3n) is 1.04. The molecule has 0 aliphatic rings. The number of carbonyl (C=O) groups is 1. The highest BCUT2D eigenvalue weighted by Gasteiger charge is 2.24. The van der Waals surface area contributed by atoms with Crippen LogP contribution in [0.2, 0.25) is 0 Å². The van der Waals surface area contributed by atoms with Gasteiger partial charge in [-0.25, -0.2) is 3.71 Å². The van der Waals surface area contributed by atoms with E-state index in [4.69, 9.17) is 9.79 Å². The molecule has 0 saturated carbocycles. The normalized spacial score (nSPS) is 11.4. The SMILES string of the molecule is CCSN(SCC)C(=O)CP(=O)(O)O. The zero-order chi connectivity index (χ0) is 11.2. The van der Waals surface area contributed by atoms with Crippen LogP contribution < -0.4 is 0 Å². The van der Waals surface area contributed by atoms with Crippen molar-refractivity contribution in [3.63, 3.8) is 0 Å². The van der Waals surface area contributed by atoms with E-state index in [9.17, 15) is 9.36 Å². The van der Waals surface area contributed by atoms with Crippen molar-refractivity contribution in [3.05, 3.63) is 0 Å². The summed E-state index contributed by atoms with van der Waals surface area (Å²) in [6, 6.07) is 0. The molecule has 0 bridgehead atoms. The van der Waals surface area contributed by atoms with Gasteiger partial charge in [-0.15, -0.1) is 0 Å². The van der Waals surface area contributed by atoms with E-state index in [0.717, 1.165) is 0 Å². The highest BCUT2D eigenvalue weighted by atomic mass is 32.2. The molecule has 0 aromatic rings. The Kier molecular flexibility index (Phi) is 6.89. The molecule has 8 heteroatoms. The Bertz CT molecular complexity index is 226. The third-order valence-corrected chi connectivity index (χ3v) is 3.75. The van der Waals surface area contributed by atoms with E-state index in [2.05, 4.69) is 0 Å². The standard InChI is InChI=1S/C6H14NO4PS2/c1-3-13-7(14-4-2)6(8)5-12(9,10)11/h3-5H2,1-2H3,(H2,9,10,11). The minimum absolute atomic E-state index is 0.531. The van der Waals surface area contributed by atoms with Crippen molar-refractivity contribution < 1.29 is 19.1 Å². The van der Waals surface area contributed by atoms with Crippen molar-refractivity contribution in [3.8, 4) is 0 Å². The van der Waals surface area contributed by atoms with E-state index in [0.29, 0.717) is 11.5 Å². The summed E-state index contributed by atoms with van der Waals surface area (Å²) in [5.41, 5.74) is 0. The predicted octanol–water partition coefficient (Wildman–Crippen LogP) is 1.33. The number of nitrogens with zero attached hydrogens (tertiary/aromatic N) is 1. The Morgan fingerprint density at radius 2 is 1.71 bits per heavy atom. The summed E-state index contributed by atoms with van der Waals surface area (Å²) in [6.07, 6.45) is -0.715. The van der Waals surface area contributed by atoms with Crippen molar-refractivity contribution in [2.24, 2.45) is 0 Å². The van der Waals surface area contributed by atoms with E-state index in [1.807, 2.05) is 13.8 Å². The summed E-state index contributed by atoms with van der Waals surface area (Å²) in [7, 11) is -4.24. The fourth-order valence-corrected chi connectivity index (χ4v) is 3.15. The molecule has 0 aliphatic carbocycles. The van der Waals surface area contributed by atoms with Crippen molar-refractivity contribution in [2.45, 2.75) is 13.8 Å². The van der Waals surface area contributed by atoms with Crippen LogP contribution in [0, 0.1) is 0 Å². The molecule has 0 aromatic carbocycles. The Labute approximate surface area is 92.1 Å². The summed E-state index contributed by atoms with van der Waals surface area (Å²) in [5, 5.41) is 0. The molecule has 5 nitrogen and oxygen atoms in total. The zero-order valence-corrected chi connectivity index (χ0v) is 10.6. The maximum Gasteiger partial charge on any atom is 0.334 e. The summed E-state index contributed by atoms with van der Waals surface area (Å²) in [5.74, 6) is 0.858. The molecule has 0 atom stereocenters. The largest absolute Gasteiger partial charge is 0.334 e. The second-order valence-electron chi connectivity index (χ2n) is 2.31. The minimum atomic E-state index is -4.24. The molecular weight excluding hydrogens is 245 g/mol. The average Bonchev–Trinajstić information content (AvgIpc) is 2.01. The van der Waals surface area contributed by atoms with Crippen LogP contribution in [0.25, 0.3) is 0 Å². The van der Waals surface area contributed by atoms with Gasteiger partial charge in [-0.05, 0) is 23.9 Å². The highest BCUT2D eigenvalue weighted by molar-refractivity contribution is 8.12. The van der Waals surface area contributed by atoms with Crippen LogP contribution in [0.1, 0.15) is 13.8 Å². The predicted molar refractivity (Wildman–Crippen MR) is 60.0 cm³/mol. The monoisotopic (exact) mass is 259 g/mol. The van der Waals surface area contributed by atoms with Gasteiger partial charge in [0.15, 0.2) is 0 Å². The first-order valence-corrected chi connectivity index (χ1v) is 7.72. The first-order valence-electron chi connectivity index (χ1n) is 4.04. The Balaban J connectivity index is 4.21. The molecule has 0 aromatic heterocycles. The van der Waals surface area contributed by atoms with Gasteiger partial charge in [0.25, 0.3) is 5.91 Å². The molecule has 0 fully saturated rings. The minimum Gasteiger partial charge on any atom is -0.324 e. The molecule has 0 radical (unpaired) electrons. The lowest BCUT2D eigenvalue weighted by Crippen LogP contribution is -2.21. The van der Waals surface area contributed by atoms with Crippen molar-refractivity contribution in [1.82, 2.24) is 3.71 Å². The molecule has 2 N–H and O–H groups in total. The van der Waals surface area contributed by atoms with Gasteiger partial charge in [0, 0.05) is 11.5 Å². The molecular formula is C6H14NO4PS2. The molecule has 84 valence electrons. The van der Waals surface area contributed by atoms with E-state index >= 15 is 0 Å². The van der Waals surface area contributed by atoms with E-state index in [-0.39, 0.29) is 0 Å². The van der Waals surface area contributed by atoms with Crippen LogP contribution in [-0.4, -0.2) is 37.1 Å². The topological polar surface area (TPSA) is 77.8 Å². The highest BCUT2D eigenvalue weighted by Crippen LogP contribution is 2.36. The molecule has 1 amide bonds. The van der Waals surface area contributed by atoms with Gasteiger partial charge in [-0.3, -0.25) is 9.36 Å². The number of hydrogen-bond donors (Lipinski definition) is 2. The van der Waals surface area contributed by atoms with Crippen LogP contribution in [0.4, 0.5) is 0 Å². The maximum absolute atomic E-state index is 11.3. The van der Waals surface area contributed by atoms with Gasteiger partial charge in [-0.2, -0.15) is 0 Å². The number of amides is 1. The molecule has 0 heterocycles. The van der Waals surface area contributed by atoms with Crippen molar-refractivity contribution in [1.29, 1.82) is 0 Å². The van der Waals surface area contributed by atoms with Gasteiger partial charge in [0.05, 0.1) is 0 Å². The molecule has 14 heavy (non-hydrogen) atoms. The summed E-state index contributed by atoms with van der Waals surface area (Å²) < 4.78 is 11.9. The van der Waals surface area contributed by atoms with Gasteiger partial charge >= 0.3 is 7.60 Å². The first-order chi connectivity index (χ1) is 6.40. The number of carbonyl (C=O) groups excluding carboxylic acids is 1. The zero-order valence-electron chi connectivity index (χ0n) is 8.04. The Morgan fingerprint density at radius 1 is 1.29 bits per heavy atom. The maximum atomic E-state index is 11.3. The smallest absolute Gasteiger partial charge is 0.324 e. The van der Waals surface area contributed by atoms with E-state index in [1.165, 1.54) is 27.6 Å². The summed E-state index contributed by atoms with van der Waals surface area (Å²) in [4.78, 5) is 28.6. The van der Waals surface area contributed by atoms with E-state index < -0.39 is 19.7 Å². The molecule has 0 aliphatic heterocycles. The van der Waals surface area contributed by atoms with Gasteiger partial charge < -0.3 is 9.79 Å². The molecule has 0 spiro atoms. The van der Waals surface area contributed by atoms with E-state index in [1.54, 1.807) is 0 Å². The van der Waals surface area contributed by atoms with Crippen LogP contribution in [0.5, 0.6) is 0 Å². The molecule has 0 saturated heterocycles. The third kappa shape index (κ3) is 6.73. The fourth-order valence-electron chi connectivity index (χ4n) is 0.650. The Hall–Kier alpha value is 0.320. The van der Waals surface area contributed by atoms with Crippen LogP contribution >= 0.6 is 31.5 Å². The molecule has 0 rings (SSSR count). The summed E-state index contributed by atoms with van der Waals surface area (Å²) >= 11 is 2.51. The van der Waals surface area contributed by atoms with Crippen molar-refractivity contribution >= 4 is 37.4 Å². The number of rotatable bonds is 6. The van der Waals surface area contributed by atoms with Crippen molar-refractivity contribution in [2.75, 3.05) is 17.7 Å². The van der Waals surface area contributed by atoms with Gasteiger partial charge in [0.1, 0.15) is 6.16 Å². The quantitative estimate of drug-likeness (QED) is 0.553. The fraction of sp³-hybridized carbons (Fsp3) is 0.833. The first kappa shape index (κ1) is 14.3. The Morgan fingerprint density at radius 3 is 2.00 bits per heavy atom. The average molecular weight is 259 g/mol. The number of hydrogen-bond acceptors (Lipinski definition) is 4. The lowest BCUT2D eigenvalue weighted by atomic mass is 10.8. The molecule has 0 unspecified atom stereocenters. The second-order valence-corrected chi connectivity index (χ2v) is 6.59. The lowest BCUT2D eigenvalue weighted by Gasteiger charge is -2.18. The van der Waals surface area contributed by atoms with Crippen LogP contribution in [0.3, 0.4) is 0 Å². The second kappa shape index (κ2) is 6.74. The summed E-state index contributed by atoms with van der Waals surface area (Å²) in [6.45, 7) is 3.75. The lowest BCUT2D eigenvalue weighted by molar-refractivity contribution is -0.120. The van der Waals surface area contributed by atoms with Crippen LogP contribution in [-0.2, 0) is 9.36 Å². The van der Waals surface area contributed by atoms with Crippen LogP contribution in [0.15, 0.2) is 0 Å². The van der Waals surface area contributed by atoms with Gasteiger partial charge in [-0.1, -0.05) is 13.8 Å². The van der Waals surface area contributed by atoms with Gasteiger partial charge in [0.2, 0.25) is 0 Å².